The zero-order valence-electron chi connectivity index (χ0n) is 11.6. The standard InChI is InChI=1S/C13H22N2O3/c1-6-8(12(17)18)10(16)9-7-15(5)14-11(9)13(2,3)4/h7-8,10,16H,6H2,1-5H3,(H,17,18). The van der Waals surface area contributed by atoms with Crippen LogP contribution in [0.1, 0.15) is 51.5 Å². The Bertz CT molecular complexity index is 432. The van der Waals surface area contributed by atoms with E-state index in [9.17, 15) is 9.90 Å². The van der Waals surface area contributed by atoms with Crippen LogP contribution in [0.4, 0.5) is 0 Å². The molecule has 0 bridgehead atoms. The first-order valence-corrected chi connectivity index (χ1v) is 6.13. The number of carboxylic acids is 1. The molecule has 5 nitrogen and oxygen atoms in total. The van der Waals surface area contributed by atoms with E-state index in [1.165, 1.54) is 0 Å². The van der Waals surface area contributed by atoms with E-state index in [2.05, 4.69) is 5.10 Å². The fourth-order valence-electron chi connectivity index (χ4n) is 2.06. The van der Waals surface area contributed by atoms with E-state index in [0.29, 0.717) is 12.0 Å². The number of rotatable bonds is 4. The summed E-state index contributed by atoms with van der Waals surface area (Å²) in [4.78, 5) is 11.1. The van der Waals surface area contributed by atoms with Gasteiger partial charge in [-0.15, -0.1) is 0 Å². The molecular formula is C13H22N2O3. The summed E-state index contributed by atoms with van der Waals surface area (Å²) in [6.45, 7) is 7.74. The molecule has 0 saturated carbocycles. The number of hydrogen-bond acceptors (Lipinski definition) is 3. The lowest BCUT2D eigenvalue weighted by molar-refractivity contribution is -0.146. The van der Waals surface area contributed by atoms with Gasteiger partial charge in [-0.05, 0) is 6.42 Å². The van der Waals surface area contributed by atoms with Gasteiger partial charge in [0, 0.05) is 24.2 Å². The number of carboxylic acid groups (broad SMARTS) is 1. The largest absolute Gasteiger partial charge is 0.481 e. The van der Waals surface area contributed by atoms with Crippen LogP contribution < -0.4 is 0 Å². The number of hydrogen-bond donors (Lipinski definition) is 2. The molecule has 2 N–H and O–H groups in total. The Kier molecular flexibility index (Phi) is 4.16. The molecule has 1 aromatic heterocycles. The van der Waals surface area contributed by atoms with Crippen molar-refractivity contribution in [3.63, 3.8) is 0 Å². The van der Waals surface area contributed by atoms with Crippen LogP contribution in [0.5, 0.6) is 0 Å². The highest BCUT2D eigenvalue weighted by molar-refractivity contribution is 5.71. The first-order valence-electron chi connectivity index (χ1n) is 6.13. The van der Waals surface area contributed by atoms with Gasteiger partial charge in [0.15, 0.2) is 0 Å². The molecule has 0 aliphatic carbocycles. The van der Waals surface area contributed by atoms with E-state index in [4.69, 9.17) is 5.11 Å². The van der Waals surface area contributed by atoms with Crippen LogP contribution in [0.25, 0.3) is 0 Å². The second-order valence-corrected chi connectivity index (χ2v) is 5.65. The Hall–Kier alpha value is -1.36. The third-order valence-electron chi connectivity index (χ3n) is 3.02. The predicted octanol–water partition coefficient (Wildman–Crippen LogP) is 1.86. The molecule has 1 aromatic rings. The van der Waals surface area contributed by atoms with E-state index < -0.39 is 18.0 Å². The van der Waals surface area contributed by atoms with Crippen molar-refractivity contribution in [2.45, 2.75) is 45.6 Å². The van der Waals surface area contributed by atoms with E-state index in [1.807, 2.05) is 20.8 Å². The van der Waals surface area contributed by atoms with Crippen molar-refractivity contribution < 1.29 is 15.0 Å². The Labute approximate surface area is 107 Å². The summed E-state index contributed by atoms with van der Waals surface area (Å²) >= 11 is 0. The number of nitrogens with zero attached hydrogens (tertiary/aromatic N) is 2. The van der Waals surface area contributed by atoms with Crippen molar-refractivity contribution >= 4 is 5.97 Å². The van der Waals surface area contributed by atoms with Gasteiger partial charge >= 0.3 is 5.97 Å². The lowest BCUT2D eigenvalue weighted by Crippen LogP contribution is -2.24. The Morgan fingerprint density at radius 1 is 1.50 bits per heavy atom. The average Bonchev–Trinajstić information content (AvgIpc) is 2.60. The molecule has 18 heavy (non-hydrogen) atoms. The highest BCUT2D eigenvalue weighted by atomic mass is 16.4. The van der Waals surface area contributed by atoms with Crippen LogP contribution >= 0.6 is 0 Å². The maximum absolute atomic E-state index is 11.1. The second-order valence-electron chi connectivity index (χ2n) is 5.65. The first kappa shape index (κ1) is 14.7. The molecule has 0 amide bonds. The zero-order valence-corrected chi connectivity index (χ0v) is 11.6. The molecule has 0 radical (unpaired) electrons. The molecule has 5 heteroatoms. The smallest absolute Gasteiger partial charge is 0.309 e. The molecule has 1 heterocycles. The minimum absolute atomic E-state index is 0.228. The normalized spacial score (nSPS) is 15.4. The van der Waals surface area contributed by atoms with E-state index >= 15 is 0 Å². The SMILES string of the molecule is CCC(C(=O)O)C(O)c1cn(C)nc1C(C)(C)C. The molecule has 102 valence electrons. The minimum Gasteiger partial charge on any atom is -0.481 e. The van der Waals surface area contributed by atoms with Gasteiger partial charge < -0.3 is 10.2 Å². The van der Waals surface area contributed by atoms with Crippen molar-refractivity contribution in [1.29, 1.82) is 0 Å². The Morgan fingerprint density at radius 3 is 2.44 bits per heavy atom. The fraction of sp³-hybridized carbons (Fsp3) is 0.692. The third kappa shape index (κ3) is 2.90. The van der Waals surface area contributed by atoms with Gasteiger partial charge in [-0.2, -0.15) is 5.10 Å². The number of aliphatic carboxylic acids is 1. The minimum atomic E-state index is -1.02. The summed E-state index contributed by atoms with van der Waals surface area (Å²) in [5, 5.41) is 23.7. The second kappa shape index (κ2) is 5.10. The number of aromatic nitrogens is 2. The predicted molar refractivity (Wildman–Crippen MR) is 68.3 cm³/mol. The molecule has 0 fully saturated rings. The van der Waals surface area contributed by atoms with Gasteiger partial charge in [-0.25, -0.2) is 0 Å². The molecule has 2 unspecified atom stereocenters. The number of aliphatic hydroxyl groups excluding tert-OH is 1. The molecule has 0 spiro atoms. The van der Waals surface area contributed by atoms with Gasteiger partial charge in [-0.3, -0.25) is 9.48 Å². The highest BCUT2D eigenvalue weighted by Crippen LogP contribution is 2.33. The van der Waals surface area contributed by atoms with Gasteiger partial charge in [-0.1, -0.05) is 27.7 Å². The Morgan fingerprint density at radius 2 is 2.06 bits per heavy atom. The van der Waals surface area contributed by atoms with Crippen LogP contribution in [-0.2, 0) is 17.3 Å². The molecule has 1 rings (SSSR count). The lowest BCUT2D eigenvalue weighted by atomic mass is 9.85. The summed E-state index contributed by atoms with van der Waals surface area (Å²) in [6.07, 6.45) is 1.07. The molecule has 2 atom stereocenters. The van der Waals surface area contributed by atoms with Crippen LogP contribution in [0.15, 0.2) is 6.20 Å². The zero-order chi connectivity index (χ0) is 14.1. The van der Waals surface area contributed by atoms with Crippen LogP contribution in [-0.4, -0.2) is 26.0 Å². The average molecular weight is 254 g/mol. The van der Waals surface area contributed by atoms with Crippen LogP contribution in [0.2, 0.25) is 0 Å². The highest BCUT2D eigenvalue weighted by Gasteiger charge is 2.32. The molecular weight excluding hydrogens is 232 g/mol. The van der Waals surface area contributed by atoms with Gasteiger partial charge in [0.05, 0.1) is 17.7 Å². The molecule has 0 saturated heterocycles. The molecule has 0 aliphatic rings. The number of aryl methyl sites for hydroxylation is 1. The summed E-state index contributed by atoms with van der Waals surface area (Å²) in [5.74, 6) is -1.77. The van der Waals surface area contributed by atoms with Crippen LogP contribution in [0.3, 0.4) is 0 Å². The number of aliphatic hydroxyl groups is 1. The van der Waals surface area contributed by atoms with Gasteiger partial charge in [0.2, 0.25) is 0 Å². The van der Waals surface area contributed by atoms with E-state index in [0.717, 1.165) is 5.69 Å². The van der Waals surface area contributed by atoms with Crippen molar-refractivity contribution in [2.75, 3.05) is 0 Å². The maximum atomic E-state index is 11.1. The van der Waals surface area contributed by atoms with Crippen molar-refractivity contribution in [3.05, 3.63) is 17.5 Å². The fourth-order valence-corrected chi connectivity index (χ4v) is 2.06. The summed E-state index contributed by atoms with van der Waals surface area (Å²) in [5.41, 5.74) is 1.13. The number of carbonyl (C=O) groups is 1. The van der Waals surface area contributed by atoms with Crippen molar-refractivity contribution in [3.8, 4) is 0 Å². The Balaban J connectivity index is 3.20. The van der Waals surface area contributed by atoms with E-state index in [1.54, 1.807) is 24.9 Å². The third-order valence-corrected chi connectivity index (χ3v) is 3.02. The van der Waals surface area contributed by atoms with E-state index in [-0.39, 0.29) is 5.41 Å². The summed E-state index contributed by atoms with van der Waals surface area (Å²) < 4.78 is 1.62. The van der Waals surface area contributed by atoms with Crippen molar-refractivity contribution in [2.24, 2.45) is 13.0 Å². The molecule has 0 aliphatic heterocycles. The first-order chi connectivity index (χ1) is 8.18. The quantitative estimate of drug-likeness (QED) is 0.860. The maximum Gasteiger partial charge on any atom is 0.309 e. The lowest BCUT2D eigenvalue weighted by Gasteiger charge is -2.22. The van der Waals surface area contributed by atoms with Crippen LogP contribution in [0, 0.1) is 5.92 Å². The molecule has 0 aromatic carbocycles. The van der Waals surface area contributed by atoms with Gasteiger partial charge in [0.25, 0.3) is 0 Å². The van der Waals surface area contributed by atoms with Gasteiger partial charge in [0.1, 0.15) is 0 Å². The topological polar surface area (TPSA) is 75.3 Å². The summed E-state index contributed by atoms with van der Waals surface area (Å²) in [6, 6.07) is 0. The monoisotopic (exact) mass is 254 g/mol. The van der Waals surface area contributed by atoms with Crippen molar-refractivity contribution in [1.82, 2.24) is 9.78 Å². The summed E-state index contributed by atoms with van der Waals surface area (Å²) in [7, 11) is 1.77.